The zero-order chi connectivity index (χ0) is 57.5. The lowest BCUT2D eigenvalue weighted by molar-refractivity contribution is -0.151. The lowest BCUT2D eigenvalue weighted by Crippen LogP contribution is -2.42. The summed E-state index contributed by atoms with van der Waals surface area (Å²) in [4.78, 5) is 37.5. The maximum atomic E-state index is 12.8. The van der Waals surface area contributed by atoms with Gasteiger partial charge < -0.3 is 23.8 Å². The number of hydrogen-bond donors (Lipinski definition) is 2. The van der Waals surface area contributed by atoms with Crippen molar-refractivity contribution in [3.05, 3.63) is 97.1 Å². The lowest BCUT2D eigenvalue weighted by atomic mass is 9.94. The Kier molecular flexibility index (Phi) is 21.9. The van der Waals surface area contributed by atoms with Gasteiger partial charge in [-0.15, -0.1) is 50.5 Å². The van der Waals surface area contributed by atoms with Crippen LogP contribution in [-0.4, -0.2) is 139 Å². The van der Waals surface area contributed by atoms with Crippen molar-refractivity contribution >= 4 is 145 Å². The van der Waals surface area contributed by atoms with Crippen molar-refractivity contribution in [3.8, 4) is 11.5 Å². The van der Waals surface area contributed by atoms with Crippen LogP contribution in [0.2, 0.25) is 0 Å². The first kappa shape index (κ1) is 61.7. The van der Waals surface area contributed by atoms with Gasteiger partial charge in [0.25, 0.3) is 26.1 Å². The Morgan fingerprint density at radius 2 is 0.818 bits per heavy atom. The topological polar surface area (TPSA) is 405 Å². The molecule has 32 heteroatoms. The minimum absolute atomic E-state index is 0.139. The zero-order valence-corrected chi connectivity index (χ0v) is 44.3. The quantitative estimate of drug-likeness (QED) is 0.113. The number of methoxy groups -OCH3 is 1. The van der Waals surface area contributed by atoms with Crippen LogP contribution >= 0.6 is 0 Å². The highest BCUT2D eigenvalue weighted by molar-refractivity contribution is 7.86. The van der Waals surface area contributed by atoms with Gasteiger partial charge in [-0.3, -0.25) is 18.7 Å². The van der Waals surface area contributed by atoms with E-state index in [9.17, 15) is 40.3 Å². The molecular weight excluding hydrogens is 1150 g/mol. The minimum Gasteiger partial charge on any atom is -0.483 e. The van der Waals surface area contributed by atoms with E-state index >= 15 is 0 Å². The normalized spacial score (nSPS) is 12.2. The molecule has 8 aromatic carbocycles. The molecule has 1 amide bonds. The number of amides is 1. The van der Waals surface area contributed by atoms with E-state index in [1.165, 1.54) is 19.2 Å². The number of likely N-dealkylation sites (tertiary alicyclic amines) is 1. The van der Waals surface area contributed by atoms with Gasteiger partial charge in [0.2, 0.25) is 0 Å². The number of carbonyl (C=O) groups excluding carboxylic acids is 3. The van der Waals surface area contributed by atoms with Gasteiger partial charge in [0.15, 0.2) is 13.2 Å². The average Bonchev–Trinajstić information content (AvgIpc) is 3.35. The van der Waals surface area contributed by atoms with E-state index in [0.717, 1.165) is 48.5 Å². The van der Waals surface area contributed by atoms with Crippen molar-refractivity contribution in [3.63, 3.8) is 0 Å². The van der Waals surface area contributed by atoms with Gasteiger partial charge in [-0.25, -0.2) is 4.79 Å². The van der Waals surface area contributed by atoms with Crippen molar-refractivity contribution < 1.29 is 110 Å². The van der Waals surface area contributed by atoms with Crippen LogP contribution in [0.15, 0.2) is 107 Å². The van der Waals surface area contributed by atoms with E-state index in [1.54, 1.807) is 60.4 Å². The highest BCUT2D eigenvalue weighted by Gasteiger charge is 2.29. The van der Waals surface area contributed by atoms with Gasteiger partial charge in [-0.2, -0.15) is 16.8 Å². The first-order valence-corrected chi connectivity index (χ1v) is 28.2. The number of piperidine rings is 1. The van der Waals surface area contributed by atoms with Crippen molar-refractivity contribution in [2.45, 2.75) is 29.6 Å². The molecule has 0 atom stereocenters. The number of esters is 2. The summed E-state index contributed by atoms with van der Waals surface area (Å²) in [5, 5.41) is 8.90. The molecule has 1 heterocycles. The molecule has 410 valence electrons. The third-order valence-corrected chi connectivity index (χ3v) is 12.9. The Bertz CT molecular complexity index is 4090. The first-order chi connectivity index (χ1) is 36.1. The molecule has 0 saturated carbocycles. The van der Waals surface area contributed by atoms with E-state index in [-0.39, 0.29) is 40.8 Å². The van der Waals surface area contributed by atoms with Crippen LogP contribution in [0, 0.1) is 5.92 Å². The number of ether oxygens (including phenoxy) is 4. The number of rotatable bonds is 10. The molecule has 9 rings (SSSR count). The van der Waals surface area contributed by atoms with E-state index in [4.69, 9.17) is 64.7 Å². The molecule has 0 unspecified atom stereocenters. The third-order valence-electron chi connectivity index (χ3n) is 11.1. The van der Waals surface area contributed by atoms with Crippen molar-refractivity contribution in [1.82, 2.24) is 4.90 Å². The molecule has 1 aliphatic rings. The molecule has 1 saturated heterocycles. The zero-order valence-electron chi connectivity index (χ0n) is 39.4. The van der Waals surface area contributed by atoms with Gasteiger partial charge in [-0.05, 0) is 88.5 Å². The standard InChI is InChI=1S/C26H25NO7S.C19H14O6S.4O3S/c1-2-33-26(29)18-11-13-27(14-12-18)23(28)15-34-21-9-5-16-3-4-17-6-10-22(35(30,31)32)20-8-7-19(21)24(16)25(17)20;1-24-17(20)10-25-15-8-4-11-2-3-12-5-9-16(26(21,22)23)14-7-6-13(15)18(11)19(12)14;4*1-4(2)3/h3-10,18H,2,11-15H2,1H3,(H,30,31,32);2-9H,10H2,1H3,(H,21,22,23);;;;. The summed E-state index contributed by atoms with van der Waals surface area (Å²) in [7, 11) is -19.9. The molecule has 0 spiro atoms. The Morgan fingerprint density at radius 3 is 1.16 bits per heavy atom. The Labute approximate surface area is 441 Å². The fourth-order valence-corrected chi connectivity index (χ4v) is 9.62. The van der Waals surface area contributed by atoms with Gasteiger partial charge in [-0.1, -0.05) is 60.7 Å². The van der Waals surface area contributed by atoms with Gasteiger partial charge in [0.05, 0.1) is 19.6 Å². The molecule has 77 heavy (non-hydrogen) atoms. The fraction of sp³-hybridized carbons (Fsp3) is 0.222. The van der Waals surface area contributed by atoms with Crippen LogP contribution < -0.4 is 9.47 Å². The summed E-state index contributed by atoms with van der Waals surface area (Å²) in [5.41, 5.74) is 0. The SMILES string of the molecule is CCOC(=O)C1CCN(C(=O)COc2ccc3ccc4ccc(S(=O)(=O)O)c5ccc2c3c45)CC1.COC(=O)COc1ccc2ccc3ccc(S(=O)(=O)O)c4ccc1c2c34.O=S(=O)=O.O=S(=O)=O.O=S(=O)=O.O=S(=O)=O. The van der Waals surface area contributed by atoms with Crippen LogP contribution in [0.4, 0.5) is 0 Å². The largest absolute Gasteiger partial charge is 0.483 e. The summed E-state index contributed by atoms with van der Waals surface area (Å²) in [5.74, 6) is -0.0312. The van der Waals surface area contributed by atoms with Gasteiger partial charge >= 0.3 is 54.4 Å². The number of carbonyl (C=O) groups is 3. The predicted molar refractivity (Wildman–Crippen MR) is 268 cm³/mol. The van der Waals surface area contributed by atoms with Crippen molar-refractivity contribution in [2.75, 3.05) is 40.0 Å². The van der Waals surface area contributed by atoms with Gasteiger partial charge in [0.1, 0.15) is 21.3 Å². The molecule has 0 bridgehead atoms. The summed E-state index contributed by atoms with van der Waals surface area (Å²) in [6.07, 6.45) is 1.14. The molecule has 1 fully saturated rings. The average molecular weight is 1190 g/mol. The van der Waals surface area contributed by atoms with E-state index in [1.807, 2.05) is 36.4 Å². The molecule has 0 aromatic heterocycles. The highest BCUT2D eigenvalue weighted by Crippen LogP contribution is 2.42. The van der Waals surface area contributed by atoms with Crippen molar-refractivity contribution in [2.24, 2.45) is 5.92 Å². The summed E-state index contributed by atoms with van der Waals surface area (Å²) in [6.45, 7) is 2.70. The fourth-order valence-electron chi connectivity index (χ4n) is 8.25. The second-order valence-corrected chi connectivity index (χ2v) is 19.8. The lowest BCUT2D eigenvalue weighted by Gasteiger charge is -2.30. The summed E-state index contributed by atoms with van der Waals surface area (Å²) >= 11 is 0. The third kappa shape index (κ3) is 16.8. The molecule has 26 nitrogen and oxygen atoms in total. The van der Waals surface area contributed by atoms with E-state index < -0.39 is 68.6 Å². The molecule has 8 aromatic rings. The maximum Gasteiger partial charge on any atom is 0.425 e. The first-order valence-electron chi connectivity index (χ1n) is 21.3. The Balaban J connectivity index is 0.000000266. The van der Waals surface area contributed by atoms with Crippen molar-refractivity contribution in [1.29, 1.82) is 0 Å². The second-order valence-electron chi connectivity index (χ2n) is 15.4. The highest BCUT2D eigenvalue weighted by atomic mass is 32.2. The Hall–Kier alpha value is -7.85. The number of hydrogen-bond acceptors (Lipinski definition) is 23. The Morgan fingerprint density at radius 1 is 0.506 bits per heavy atom. The van der Waals surface area contributed by atoms with Crippen LogP contribution in [0.25, 0.3) is 64.6 Å². The molecule has 0 radical (unpaired) electrons. The predicted octanol–water partition coefficient (Wildman–Crippen LogP) is 3.38. The monoisotopic (exact) mass is 1190 g/mol. The van der Waals surface area contributed by atoms with Crippen LogP contribution in [-0.2, 0) is 86.5 Å². The molecule has 1 aliphatic heterocycles. The summed E-state index contributed by atoms with van der Waals surface area (Å²) in [6, 6.07) is 27.8. The number of benzene rings is 8. The van der Waals surface area contributed by atoms with E-state index in [0.29, 0.717) is 60.2 Å². The number of nitrogens with zero attached hydrogens (tertiary/aromatic N) is 1. The van der Waals surface area contributed by atoms with Crippen LogP contribution in [0.1, 0.15) is 19.8 Å². The van der Waals surface area contributed by atoms with Gasteiger partial charge in [0, 0.05) is 45.4 Å². The maximum absolute atomic E-state index is 12.8. The molecular formula is C45H39NO25S6. The minimum atomic E-state index is -4.39. The van der Waals surface area contributed by atoms with Crippen LogP contribution in [0.3, 0.4) is 0 Å². The van der Waals surface area contributed by atoms with Crippen LogP contribution in [0.5, 0.6) is 11.5 Å². The smallest absolute Gasteiger partial charge is 0.425 e. The van der Waals surface area contributed by atoms with E-state index in [2.05, 4.69) is 4.74 Å². The molecule has 0 aliphatic carbocycles. The summed E-state index contributed by atoms with van der Waals surface area (Å²) < 4.78 is 189. The molecule has 2 N–H and O–H groups in total. The second kappa shape index (κ2) is 27.3.